The Morgan fingerprint density at radius 2 is 2.11 bits per heavy atom. The van der Waals surface area contributed by atoms with E-state index in [9.17, 15) is 14.7 Å². The Morgan fingerprint density at radius 1 is 1.37 bits per heavy atom. The molecule has 5 nitrogen and oxygen atoms in total. The summed E-state index contributed by atoms with van der Waals surface area (Å²) in [7, 11) is 0. The maximum atomic E-state index is 11.6. The molecule has 0 aliphatic rings. The lowest BCUT2D eigenvalue weighted by Gasteiger charge is -2.07. The van der Waals surface area contributed by atoms with Gasteiger partial charge < -0.3 is 15.5 Å². The quantitative estimate of drug-likeness (QED) is 0.529. The summed E-state index contributed by atoms with van der Waals surface area (Å²) >= 11 is 1.53. The van der Waals surface area contributed by atoms with Crippen molar-refractivity contribution < 1.29 is 19.8 Å². The number of anilines is 1. The van der Waals surface area contributed by atoms with Gasteiger partial charge in [-0.05, 0) is 30.4 Å². The predicted molar refractivity (Wildman–Crippen MR) is 75.9 cm³/mol. The molecule has 6 heteroatoms. The minimum atomic E-state index is -1.12. The summed E-state index contributed by atoms with van der Waals surface area (Å²) in [4.78, 5) is 22.3. The molecule has 0 radical (unpaired) electrons. The van der Waals surface area contributed by atoms with Crippen LogP contribution in [0.1, 0.15) is 30.1 Å². The lowest BCUT2D eigenvalue weighted by molar-refractivity contribution is -0.113. The van der Waals surface area contributed by atoms with Crippen molar-refractivity contribution in [2.24, 2.45) is 0 Å². The molecule has 0 aliphatic carbocycles. The second-order valence-corrected chi connectivity index (χ2v) is 5.10. The van der Waals surface area contributed by atoms with Crippen molar-refractivity contribution in [2.45, 2.75) is 19.8 Å². The van der Waals surface area contributed by atoms with Crippen LogP contribution in [0.4, 0.5) is 5.69 Å². The summed E-state index contributed by atoms with van der Waals surface area (Å²) < 4.78 is 0. The average Bonchev–Trinajstić information content (AvgIpc) is 2.37. The lowest BCUT2D eigenvalue weighted by Crippen LogP contribution is -2.14. The summed E-state index contributed by atoms with van der Waals surface area (Å²) in [6.45, 7) is 2.09. The number of carbonyl (C=O) groups is 2. The van der Waals surface area contributed by atoms with Crippen molar-refractivity contribution in [2.75, 3.05) is 16.8 Å². The van der Waals surface area contributed by atoms with Crippen LogP contribution in [-0.2, 0) is 4.79 Å². The maximum Gasteiger partial charge on any atom is 0.335 e. The van der Waals surface area contributed by atoms with Crippen LogP contribution >= 0.6 is 11.8 Å². The molecule has 0 aromatic heterocycles. The average molecular weight is 283 g/mol. The van der Waals surface area contributed by atoms with E-state index < -0.39 is 5.97 Å². The van der Waals surface area contributed by atoms with Crippen molar-refractivity contribution in [1.29, 1.82) is 0 Å². The van der Waals surface area contributed by atoms with E-state index >= 15 is 0 Å². The molecule has 0 aliphatic heterocycles. The highest BCUT2D eigenvalue weighted by Gasteiger charge is 2.10. The molecule has 0 unspecified atom stereocenters. The van der Waals surface area contributed by atoms with Gasteiger partial charge in [-0.15, -0.1) is 0 Å². The molecule has 1 rings (SSSR count). The minimum absolute atomic E-state index is 0.0205. The number of carboxylic acid groups (broad SMARTS) is 1. The highest BCUT2D eigenvalue weighted by Crippen LogP contribution is 2.24. The van der Waals surface area contributed by atoms with E-state index in [0.717, 1.165) is 24.7 Å². The van der Waals surface area contributed by atoms with Gasteiger partial charge in [0.05, 0.1) is 17.0 Å². The van der Waals surface area contributed by atoms with E-state index in [1.165, 1.54) is 23.9 Å². The normalized spacial score (nSPS) is 10.2. The number of carboxylic acids is 1. The largest absolute Gasteiger partial charge is 0.506 e. The van der Waals surface area contributed by atoms with Gasteiger partial charge in [0, 0.05) is 0 Å². The number of thioether (sulfide) groups is 1. The fourth-order valence-electron chi connectivity index (χ4n) is 1.37. The van der Waals surface area contributed by atoms with Crippen LogP contribution in [0.2, 0.25) is 0 Å². The van der Waals surface area contributed by atoms with Crippen molar-refractivity contribution in [3.05, 3.63) is 23.8 Å². The van der Waals surface area contributed by atoms with Gasteiger partial charge in [-0.2, -0.15) is 11.8 Å². The zero-order valence-corrected chi connectivity index (χ0v) is 11.5. The van der Waals surface area contributed by atoms with Crippen LogP contribution in [-0.4, -0.2) is 33.6 Å². The third kappa shape index (κ3) is 5.21. The van der Waals surface area contributed by atoms with Crippen LogP contribution in [0, 0.1) is 0 Å². The van der Waals surface area contributed by atoms with Crippen LogP contribution in [0.25, 0.3) is 0 Å². The Labute approximate surface area is 116 Å². The lowest BCUT2D eigenvalue weighted by atomic mass is 10.2. The van der Waals surface area contributed by atoms with E-state index in [1.807, 2.05) is 0 Å². The molecule has 3 N–H and O–H groups in total. The molecule has 0 saturated heterocycles. The van der Waals surface area contributed by atoms with Crippen molar-refractivity contribution in [3.8, 4) is 5.75 Å². The van der Waals surface area contributed by atoms with Gasteiger partial charge in [0.1, 0.15) is 5.75 Å². The summed E-state index contributed by atoms with van der Waals surface area (Å²) in [6.07, 6.45) is 2.16. The molecule has 1 aromatic carbocycles. The van der Waals surface area contributed by atoms with Gasteiger partial charge in [-0.3, -0.25) is 4.79 Å². The Hall–Kier alpha value is -1.69. The number of unbranched alkanes of at least 4 members (excludes halogenated alkanes) is 1. The van der Waals surface area contributed by atoms with Gasteiger partial charge >= 0.3 is 5.97 Å². The smallest absolute Gasteiger partial charge is 0.335 e. The van der Waals surface area contributed by atoms with Crippen LogP contribution in [0.3, 0.4) is 0 Å². The van der Waals surface area contributed by atoms with E-state index in [0.29, 0.717) is 5.75 Å². The van der Waals surface area contributed by atoms with Gasteiger partial charge in [0.2, 0.25) is 5.91 Å². The summed E-state index contributed by atoms with van der Waals surface area (Å²) in [5, 5.41) is 20.9. The SMILES string of the molecule is CCCCSCC(=O)Nc1ccc(C(=O)O)cc1O. The number of carbonyl (C=O) groups excluding carboxylic acids is 1. The zero-order chi connectivity index (χ0) is 14.3. The van der Waals surface area contributed by atoms with Crippen molar-refractivity contribution >= 4 is 29.3 Å². The van der Waals surface area contributed by atoms with E-state index in [-0.39, 0.29) is 22.9 Å². The minimum Gasteiger partial charge on any atom is -0.506 e. The Kier molecular flexibility index (Phi) is 6.21. The van der Waals surface area contributed by atoms with E-state index in [2.05, 4.69) is 12.2 Å². The number of rotatable bonds is 7. The molecule has 0 atom stereocenters. The van der Waals surface area contributed by atoms with Crippen LogP contribution in [0.15, 0.2) is 18.2 Å². The van der Waals surface area contributed by atoms with Crippen molar-refractivity contribution in [1.82, 2.24) is 0 Å². The molecular formula is C13H17NO4S. The van der Waals surface area contributed by atoms with E-state index in [1.54, 1.807) is 0 Å². The number of phenolic OH excluding ortho intramolecular Hbond substituents is 1. The Balaban J connectivity index is 2.52. The second kappa shape index (κ2) is 7.68. The Morgan fingerprint density at radius 3 is 2.68 bits per heavy atom. The van der Waals surface area contributed by atoms with Gasteiger partial charge in [-0.25, -0.2) is 4.79 Å². The topological polar surface area (TPSA) is 86.6 Å². The molecular weight excluding hydrogens is 266 g/mol. The standard InChI is InChI=1S/C13H17NO4S/c1-2-3-6-19-8-12(16)14-10-5-4-9(13(17)18)7-11(10)15/h4-5,7,15H,2-3,6,8H2,1H3,(H,14,16)(H,17,18). The zero-order valence-electron chi connectivity index (χ0n) is 10.7. The number of amides is 1. The van der Waals surface area contributed by atoms with Gasteiger partial charge in [0.15, 0.2) is 0 Å². The molecule has 19 heavy (non-hydrogen) atoms. The summed E-state index contributed by atoms with van der Waals surface area (Å²) in [5.74, 6) is -0.330. The number of benzene rings is 1. The number of hydrogen-bond donors (Lipinski definition) is 3. The number of aromatic hydroxyl groups is 1. The van der Waals surface area contributed by atoms with Gasteiger partial charge in [0.25, 0.3) is 0 Å². The fraction of sp³-hybridized carbons (Fsp3) is 0.385. The number of phenols is 1. The first-order valence-corrected chi connectivity index (χ1v) is 7.14. The summed E-state index contributed by atoms with van der Waals surface area (Å²) in [5.41, 5.74) is 0.207. The van der Waals surface area contributed by atoms with Gasteiger partial charge in [-0.1, -0.05) is 13.3 Å². The number of aromatic carboxylic acids is 1. The molecule has 0 spiro atoms. The highest BCUT2D eigenvalue weighted by molar-refractivity contribution is 7.99. The first-order valence-electron chi connectivity index (χ1n) is 5.98. The van der Waals surface area contributed by atoms with Crippen molar-refractivity contribution in [3.63, 3.8) is 0 Å². The fourth-order valence-corrected chi connectivity index (χ4v) is 2.26. The third-order valence-electron chi connectivity index (χ3n) is 2.39. The number of hydrogen-bond acceptors (Lipinski definition) is 4. The monoisotopic (exact) mass is 283 g/mol. The second-order valence-electron chi connectivity index (χ2n) is 3.99. The molecule has 0 bridgehead atoms. The molecule has 0 fully saturated rings. The number of nitrogens with one attached hydrogen (secondary N) is 1. The molecule has 0 saturated carbocycles. The summed E-state index contributed by atoms with van der Waals surface area (Å²) in [6, 6.07) is 3.83. The van der Waals surface area contributed by atoms with Crippen LogP contribution in [0.5, 0.6) is 5.75 Å². The molecule has 1 aromatic rings. The van der Waals surface area contributed by atoms with Crippen LogP contribution < -0.4 is 5.32 Å². The highest BCUT2D eigenvalue weighted by atomic mass is 32.2. The third-order valence-corrected chi connectivity index (χ3v) is 3.44. The predicted octanol–water partition coefficient (Wildman–Crippen LogP) is 2.56. The maximum absolute atomic E-state index is 11.6. The molecule has 0 heterocycles. The Bertz CT molecular complexity index is 462. The molecule has 104 valence electrons. The first-order chi connectivity index (χ1) is 9.04. The molecule has 1 amide bonds. The first kappa shape index (κ1) is 15.4. The van der Waals surface area contributed by atoms with E-state index in [4.69, 9.17) is 5.11 Å².